The van der Waals surface area contributed by atoms with Crippen LogP contribution in [0.5, 0.6) is 0 Å². The molecule has 0 heterocycles. The Morgan fingerprint density at radius 2 is 1.61 bits per heavy atom. The minimum Gasteiger partial charge on any atom is -0.481 e. The van der Waals surface area contributed by atoms with Crippen LogP contribution in [-0.4, -0.2) is 52.3 Å². The summed E-state index contributed by atoms with van der Waals surface area (Å²) in [5.74, 6) is -2.09. The van der Waals surface area contributed by atoms with Crippen LogP contribution in [0.4, 0.5) is 13.2 Å². The number of amides is 1. The molecule has 6 nitrogen and oxygen atoms in total. The Bertz CT molecular complexity index is 391. The van der Waals surface area contributed by atoms with E-state index in [4.69, 9.17) is 15.0 Å². The SMILES string of the molecule is C=CCCC(=O)NCCSSCCC(=O)O.O=C(O)C(F)(F)F. The lowest BCUT2D eigenvalue weighted by Gasteiger charge is -2.03. The topological polar surface area (TPSA) is 104 Å². The summed E-state index contributed by atoms with van der Waals surface area (Å²) in [7, 11) is 3.10. The summed E-state index contributed by atoms with van der Waals surface area (Å²) in [4.78, 5) is 30.2. The fraction of sp³-hybridized carbons (Fsp3) is 0.583. The molecule has 0 saturated carbocycles. The van der Waals surface area contributed by atoms with Gasteiger partial charge in [-0.3, -0.25) is 9.59 Å². The van der Waals surface area contributed by atoms with Crippen molar-refractivity contribution >= 4 is 39.4 Å². The standard InChI is InChI=1S/C10H17NO3S2.C2HF3O2/c1-2-3-4-9(12)11-6-8-16-15-7-5-10(13)14;3-2(4,5)1(6)7/h2H,1,3-8H2,(H,11,12)(H,13,14);(H,6,7). The molecule has 0 bridgehead atoms. The molecule has 134 valence electrons. The van der Waals surface area contributed by atoms with Gasteiger partial charge in [-0.25, -0.2) is 4.79 Å². The third kappa shape index (κ3) is 20.6. The van der Waals surface area contributed by atoms with Crippen LogP contribution >= 0.6 is 21.6 Å². The number of halogens is 3. The highest BCUT2D eigenvalue weighted by Crippen LogP contribution is 2.20. The van der Waals surface area contributed by atoms with E-state index in [0.29, 0.717) is 25.1 Å². The van der Waals surface area contributed by atoms with Crippen LogP contribution in [0.2, 0.25) is 0 Å². The zero-order chi connectivity index (χ0) is 18.3. The first-order valence-electron chi connectivity index (χ1n) is 6.25. The van der Waals surface area contributed by atoms with Crippen molar-refractivity contribution in [1.82, 2.24) is 5.32 Å². The second-order valence-corrected chi connectivity index (χ2v) is 6.47. The van der Waals surface area contributed by atoms with Gasteiger partial charge in [0.05, 0.1) is 6.42 Å². The number of nitrogens with one attached hydrogen (secondary N) is 1. The maximum atomic E-state index is 11.1. The van der Waals surface area contributed by atoms with E-state index in [1.807, 2.05) is 0 Å². The number of hydrogen-bond acceptors (Lipinski definition) is 5. The van der Waals surface area contributed by atoms with E-state index in [1.54, 1.807) is 16.9 Å². The highest BCUT2D eigenvalue weighted by atomic mass is 33.1. The highest BCUT2D eigenvalue weighted by molar-refractivity contribution is 8.76. The van der Waals surface area contributed by atoms with Crippen molar-refractivity contribution in [2.75, 3.05) is 18.1 Å². The average Bonchev–Trinajstić information content (AvgIpc) is 2.43. The first kappa shape index (κ1) is 23.9. The minimum atomic E-state index is -5.08. The summed E-state index contributed by atoms with van der Waals surface area (Å²) in [6.45, 7) is 4.17. The van der Waals surface area contributed by atoms with E-state index in [-0.39, 0.29) is 12.3 Å². The molecule has 3 N–H and O–H groups in total. The molecule has 0 atom stereocenters. The lowest BCUT2D eigenvalue weighted by molar-refractivity contribution is -0.192. The maximum absolute atomic E-state index is 11.1. The van der Waals surface area contributed by atoms with E-state index in [9.17, 15) is 22.8 Å². The van der Waals surface area contributed by atoms with Gasteiger partial charge in [0.25, 0.3) is 0 Å². The summed E-state index contributed by atoms with van der Waals surface area (Å²) in [5, 5.41) is 18.3. The molecule has 0 radical (unpaired) electrons. The van der Waals surface area contributed by atoms with E-state index in [1.165, 1.54) is 10.8 Å². The van der Waals surface area contributed by atoms with Gasteiger partial charge in [-0.05, 0) is 6.42 Å². The van der Waals surface area contributed by atoms with Crippen LogP contribution < -0.4 is 5.32 Å². The quantitative estimate of drug-likeness (QED) is 0.305. The smallest absolute Gasteiger partial charge is 0.481 e. The van der Waals surface area contributed by atoms with Crippen molar-refractivity contribution < 1.29 is 37.8 Å². The van der Waals surface area contributed by atoms with Gasteiger partial charge in [0.1, 0.15) is 0 Å². The fourth-order valence-electron chi connectivity index (χ4n) is 0.800. The number of aliphatic carboxylic acids is 2. The molecular weight excluding hydrogens is 359 g/mol. The van der Waals surface area contributed by atoms with E-state index < -0.39 is 18.1 Å². The van der Waals surface area contributed by atoms with Gasteiger partial charge in [-0.1, -0.05) is 27.7 Å². The summed E-state index contributed by atoms with van der Waals surface area (Å²) in [5.41, 5.74) is 0. The predicted octanol–water partition coefficient (Wildman–Crippen LogP) is 2.56. The van der Waals surface area contributed by atoms with Gasteiger partial charge in [-0.15, -0.1) is 6.58 Å². The summed E-state index contributed by atoms with van der Waals surface area (Å²) in [6.07, 6.45) is -1.99. The van der Waals surface area contributed by atoms with Gasteiger partial charge in [-0.2, -0.15) is 13.2 Å². The van der Waals surface area contributed by atoms with E-state index >= 15 is 0 Å². The van der Waals surface area contributed by atoms with E-state index in [2.05, 4.69) is 11.9 Å². The van der Waals surface area contributed by atoms with Gasteiger partial charge in [0.2, 0.25) is 5.91 Å². The summed E-state index contributed by atoms with van der Waals surface area (Å²) in [6, 6.07) is 0. The Kier molecular flexibility index (Phi) is 14.8. The first-order valence-corrected chi connectivity index (χ1v) is 8.74. The molecule has 1 amide bonds. The monoisotopic (exact) mass is 377 g/mol. The minimum absolute atomic E-state index is 0.0380. The lowest BCUT2D eigenvalue weighted by Crippen LogP contribution is -2.24. The van der Waals surface area contributed by atoms with Gasteiger partial charge >= 0.3 is 18.1 Å². The molecule has 0 rings (SSSR count). The first-order chi connectivity index (χ1) is 10.6. The molecule has 0 saturated heterocycles. The number of alkyl halides is 3. The Morgan fingerprint density at radius 1 is 1.09 bits per heavy atom. The van der Waals surface area contributed by atoms with Gasteiger partial charge in [0.15, 0.2) is 0 Å². The van der Waals surface area contributed by atoms with Crippen LogP contribution in [0.3, 0.4) is 0 Å². The number of allylic oxidation sites excluding steroid dienone is 1. The van der Waals surface area contributed by atoms with Crippen LogP contribution in [0.15, 0.2) is 12.7 Å². The lowest BCUT2D eigenvalue weighted by atomic mass is 10.3. The number of carbonyl (C=O) groups is 3. The Hall–Kier alpha value is -1.36. The second-order valence-electron chi connectivity index (χ2n) is 3.77. The van der Waals surface area contributed by atoms with Gasteiger partial charge in [0, 0.05) is 24.5 Å². The molecule has 0 aliphatic carbocycles. The molecule has 23 heavy (non-hydrogen) atoms. The molecule has 0 aliphatic heterocycles. The number of carbonyl (C=O) groups excluding carboxylic acids is 1. The third-order valence-electron chi connectivity index (χ3n) is 1.81. The molecule has 0 fully saturated rings. The van der Waals surface area contributed by atoms with Crippen LogP contribution in [-0.2, 0) is 14.4 Å². The molecule has 0 unspecified atom stereocenters. The number of rotatable bonds is 10. The number of carboxylic acids is 2. The summed E-state index contributed by atoms with van der Waals surface area (Å²) >= 11 is 0. The normalized spacial score (nSPS) is 10.2. The molecule has 0 spiro atoms. The Labute approximate surface area is 139 Å². The average molecular weight is 377 g/mol. The molecule has 0 aromatic rings. The molecule has 0 aromatic heterocycles. The molecule has 11 heteroatoms. The zero-order valence-corrected chi connectivity index (χ0v) is 13.7. The van der Waals surface area contributed by atoms with Crippen molar-refractivity contribution in [3.05, 3.63) is 12.7 Å². The van der Waals surface area contributed by atoms with Gasteiger partial charge < -0.3 is 15.5 Å². The van der Waals surface area contributed by atoms with Crippen molar-refractivity contribution in [3.8, 4) is 0 Å². The Morgan fingerprint density at radius 3 is 2.04 bits per heavy atom. The van der Waals surface area contributed by atoms with Crippen molar-refractivity contribution in [3.63, 3.8) is 0 Å². The molecule has 0 aromatic carbocycles. The second kappa shape index (κ2) is 14.2. The van der Waals surface area contributed by atoms with Crippen molar-refractivity contribution in [2.24, 2.45) is 0 Å². The maximum Gasteiger partial charge on any atom is 0.490 e. The molecular formula is C12H18F3NO5S2. The molecule has 0 aliphatic rings. The fourth-order valence-corrected chi connectivity index (χ4v) is 2.69. The summed E-state index contributed by atoms with van der Waals surface area (Å²) < 4.78 is 31.7. The third-order valence-corrected chi connectivity index (χ3v) is 4.22. The van der Waals surface area contributed by atoms with E-state index in [0.717, 1.165) is 5.75 Å². The number of hydrogen-bond donors (Lipinski definition) is 3. The van der Waals surface area contributed by atoms with Crippen LogP contribution in [0.25, 0.3) is 0 Å². The Balaban J connectivity index is 0. The zero-order valence-electron chi connectivity index (χ0n) is 12.1. The van der Waals surface area contributed by atoms with Crippen LogP contribution in [0.1, 0.15) is 19.3 Å². The van der Waals surface area contributed by atoms with Crippen molar-refractivity contribution in [1.29, 1.82) is 0 Å². The number of carboxylic acid groups (broad SMARTS) is 2. The largest absolute Gasteiger partial charge is 0.490 e. The van der Waals surface area contributed by atoms with Crippen LogP contribution in [0, 0.1) is 0 Å². The highest BCUT2D eigenvalue weighted by Gasteiger charge is 2.38. The predicted molar refractivity (Wildman–Crippen MR) is 83.3 cm³/mol. The van der Waals surface area contributed by atoms with Crippen molar-refractivity contribution in [2.45, 2.75) is 25.4 Å².